The molecule has 0 fully saturated rings. The van der Waals surface area contributed by atoms with Crippen LogP contribution in [0.3, 0.4) is 0 Å². The van der Waals surface area contributed by atoms with Gasteiger partial charge in [0.2, 0.25) is 0 Å². The van der Waals surface area contributed by atoms with E-state index in [-0.39, 0.29) is 5.84 Å². The Balaban J connectivity index is 2.73. The van der Waals surface area contributed by atoms with Crippen molar-refractivity contribution in [2.75, 3.05) is 0 Å². The molecule has 0 radical (unpaired) electrons. The van der Waals surface area contributed by atoms with Crippen molar-refractivity contribution < 1.29 is 5.21 Å². The molecule has 0 saturated carbocycles. The Morgan fingerprint density at radius 1 is 1.64 bits per heavy atom. The minimum atomic E-state index is 0.0260. The van der Waals surface area contributed by atoms with Crippen LogP contribution in [0.5, 0.6) is 0 Å². The van der Waals surface area contributed by atoms with Gasteiger partial charge in [-0.25, -0.2) is 4.98 Å². The zero-order chi connectivity index (χ0) is 10.1. The third-order valence-electron chi connectivity index (χ3n) is 2.04. The second-order valence-corrected chi connectivity index (χ2v) is 3.08. The van der Waals surface area contributed by atoms with Gasteiger partial charge in [-0.3, -0.25) is 0 Å². The molecule has 0 unspecified atom stereocenters. The number of rotatable bonds is 1. The predicted molar refractivity (Wildman–Crippen MR) is 52.4 cm³/mol. The van der Waals surface area contributed by atoms with Gasteiger partial charge >= 0.3 is 0 Å². The standard InChI is InChI=1S/C9H10N4O/c1-6-2-3-13-5-11-8(7(13)4-6)9(10)12-14/h2-5,14H,1H3,(H2,10,12). The van der Waals surface area contributed by atoms with E-state index in [1.165, 1.54) is 0 Å². The molecular formula is C9H10N4O. The van der Waals surface area contributed by atoms with Crippen molar-refractivity contribution in [1.29, 1.82) is 0 Å². The molecule has 0 bridgehead atoms. The summed E-state index contributed by atoms with van der Waals surface area (Å²) in [4.78, 5) is 4.05. The van der Waals surface area contributed by atoms with Crippen LogP contribution in [0.25, 0.3) is 5.52 Å². The molecule has 2 rings (SSSR count). The van der Waals surface area contributed by atoms with Crippen LogP contribution >= 0.6 is 0 Å². The minimum absolute atomic E-state index is 0.0260. The van der Waals surface area contributed by atoms with Gasteiger partial charge in [-0.2, -0.15) is 0 Å². The molecule has 3 N–H and O–H groups in total. The summed E-state index contributed by atoms with van der Waals surface area (Å²) in [7, 11) is 0. The van der Waals surface area contributed by atoms with E-state index in [2.05, 4.69) is 10.1 Å². The van der Waals surface area contributed by atoms with Gasteiger partial charge in [0.25, 0.3) is 0 Å². The highest BCUT2D eigenvalue weighted by Gasteiger charge is 2.08. The molecule has 0 atom stereocenters. The third kappa shape index (κ3) is 1.19. The Morgan fingerprint density at radius 2 is 2.43 bits per heavy atom. The molecule has 0 aromatic carbocycles. The topological polar surface area (TPSA) is 75.9 Å². The molecule has 2 heterocycles. The molecule has 2 aromatic rings. The molecule has 72 valence electrons. The second-order valence-electron chi connectivity index (χ2n) is 3.08. The third-order valence-corrected chi connectivity index (χ3v) is 2.04. The van der Waals surface area contributed by atoms with Gasteiger partial charge in [0, 0.05) is 6.20 Å². The number of aromatic nitrogens is 2. The summed E-state index contributed by atoms with van der Waals surface area (Å²) in [5.41, 5.74) is 7.91. The zero-order valence-corrected chi connectivity index (χ0v) is 7.68. The fourth-order valence-electron chi connectivity index (χ4n) is 1.34. The van der Waals surface area contributed by atoms with E-state index in [4.69, 9.17) is 10.9 Å². The fraction of sp³-hybridized carbons (Fsp3) is 0.111. The van der Waals surface area contributed by atoms with Gasteiger partial charge in [0.15, 0.2) is 5.84 Å². The average Bonchev–Trinajstić information content (AvgIpc) is 2.59. The highest BCUT2D eigenvalue weighted by Crippen LogP contribution is 2.10. The largest absolute Gasteiger partial charge is 0.409 e. The lowest BCUT2D eigenvalue weighted by Crippen LogP contribution is -2.13. The maximum absolute atomic E-state index is 8.55. The van der Waals surface area contributed by atoms with Crippen LogP contribution in [0, 0.1) is 6.92 Å². The van der Waals surface area contributed by atoms with Gasteiger partial charge in [-0.15, -0.1) is 0 Å². The summed E-state index contributed by atoms with van der Waals surface area (Å²) in [6, 6.07) is 3.89. The van der Waals surface area contributed by atoms with Crippen molar-refractivity contribution in [3.8, 4) is 0 Å². The molecular weight excluding hydrogens is 180 g/mol. The van der Waals surface area contributed by atoms with Crippen molar-refractivity contribution in [2.45, 2.75) is 6.92 Å². The first kappa shape index (κ1) is 8.55. The number of hydrogen-bond acceptors (Lipinski definition) is 3. The van der Waals surface area contributed by atoms with E-state index in [0.29, 0.717) is 5.69 Å². The molecule has 0 spiro atoms. The first-order chi connectivity index (χ1) is 6.72. The number of fused-ring (bicyclic) bond motifs is 1. The summed E-state index contributed by atoms with van der Waals surface area (Å²) in [5, 5.41) is 11.5. The molecule has 0 aliphatic rings. The van der Waals surface area contributed by atoms with Gasteiger partial charge < -0.3 is 15.3 Å². The molecule has 5 nitrogen and oxygen atoms in total. The molecule has 0 aliphatic heterocycles. The highest BCUT2D eigenvalue weighted by atomic mass is 16.4. The summed E-state index contributed by atoms with van der Waals surface area (Å²) in [6.45, 7) is 1.98. The first-order valence-corrected chi connectivity index (χ1v) is 4.13. The number of nitrogens with zero attached hydrogens (tertiary/aromatic N) is 3. The number of aryl methyl sites for hydroxylation is 1. The summed E-state index contributed by atoms with van der Waals surface area (Å²) in [5.74, 6) is 0.0260. The Kier molecular flexibility index (Phi) is 1.85. The molecule has 5 heteroatoms. The van der Waals surface area contributed by atoms with Crippen molar-refractivity contribution in [3.63, 3.8) is 0 Å². The normalized spacial score (nSPS) is 12.2. The van der Waals surface area contributed by atoms with E-state index in [1.807, 2.05) is 29.7 Å². The van der Waals surface area contributed by atoms with Crippen molar-refractivity contribution >= 4 is 11.4 Å². The number of hydrogen-bond donors (Lipinski definition) is 2. The molecule has 0 aliphatic carbocycles. The molecule has 2 aromatic heterocycles. The second kappa shape index (κ2) is 3.02. The van der Waals surface area contributed by atoms with Crippen LogP contribution in [0.1, 0.15) is 11.3 Å². The molecule has 14 heavy (non-hydrogen) atoms. The van der Waals surface area contributed by atoms with Crippen LogP contribution in [0.15, 0.2) is 29.8 Å². The number of pyridine rings is 1. The zero-order valence-electron chi connectivity index (χ0n) is 7.68. The van der Waals surface area contributed by atoms with Gasteiger partial charge in [0.05, 0.1) is 5.52 Å². The molecule has 0 amide bonds. The average molecular weight is 190 g/mol. The van der Waals surface area contributed by atoms with E-state index >= 15 is 0 Å². The first-order valence-electron chi connectivity index (χ1n) is 4.13. The maximum Gasteiger partial charge on any atom is 0.190 e. The number of amidine groups is 1. The van der Waals surface area contributed by atoms with Gasteiger partial charge in [-0.05, 0) is 24.6 Å². The quantitative estimate of drug-likeness (QED) is 0.301. The van der Waals surface area contributed by atoms with Gasteiger partial charge in [-0.1, -0.05) is 5.16 Å². The Hall–Kier alpha value is -2.04. The fourth-order valence-corrected chi connectivity index (χ4v) is 1.34. The van der Waals surface area contributed by atoms with Gasteiger partial charge in [0.1, 0.15) is 12.0 Å². The van der Waals surface area contributed by atoms with Crippen molar-refractivity contribution in [1.82, 2.24) is 9.38 Å². The smallest absolute Gasteiger partial charge is 0.190 e. The van der Waals surface area contributed by atoms with Crippen LogP contribution < -0.4 is 5.73 Å². The lowest BCUT2D eigenvalue weighted by atomic mass is 10.2. The SMILES string of the molecule is Cc1ccn2cnc(/C(N)=N\O)c2c1. The predicted octanol–water partition coefficient (Wildman–Crippen LogP) is 0.737. The number of imidazole rings is 1. The van der Waals surface area contributed by atoms with E-state index in [0.717, 1.165) is 11.1 Å². The van der Waals surface area contributed by atoms with Crippen molar-refractivity contribution in [3.05, 3.63) is 35.9 Å². The highest BCUT2D eigenvalue weighted by molar-refractivity contribution is 6.01. The monoisotopic (exact) mass is 190 g/mol. The van der Waals surface area contributed by atoms with Crippen molar-refractivity contribution in [2.24, 2.45) is 10.9 Å². The number of oxime groups is 1. The Morgan fingerprint density at radius 3 is 3.14 bits per heavy atom. The van der Waals surface area contributed by atoms with Crippen LogP contribution in [0.4, 0.5) is 0 Å². The Bertz CT molecular complexity index is 500. The van der Waals surface area contributed by atoms with Crippen LogP contribution in [0.2, 0.25) is 0 Å². The maximum atomic E-state index is 8.55. The van der Waals surface area contributed by atoms with E-state index in [1.54, 1.807) is 6.33 Å². The number of nitrogens with two attached hydrogens (primary N) is 1. The summed E-state index contributed by atoms with van der Waals surface area (Å²) >= 11 is 0. The Labute approximate surface area is 80.5 Å². The van der Waals surface area contributed by atoms with Crippen LogP contribution in [-0.2, 0) is 0 Å². The summed E-state index contributed by atoms with van der Waals surface area (Å²) in [6.07, 6.45) is 3.51. The summed E-state index contributed by atoms with van der Waals surface area (Å²) < 4.78 is 1.82. The van der Waals surface area contributed by atoms with Crippen LogP contribution in [-0.4, -0.2) is 20.4 Å². The lowest BCUT2D eigenvalue weighted by Gasteiger charge is -1.97. The lowest BCUT2D eigenvalue weighted by molar-refractivity contribution is 0.318. The van der Waals surface area contributed by atoms with E-state index < -0.39 is 0 Å². The van der Waals surface area contributed by atoms with E-state index in [9.17, 15) is 0 Å². The minimum Gasteiger partial charge on any atom is -0.409 e. The molecule has 0 saturated heterocycles.